The molecule has 0 spiro atoms. The number of benzene rings is 1. The zero-order valence-electron chi connectivity index (χ0n) is 16.4. The van der Waals surface area contributed by atoms with Crippen molar-refractivity contribution < 1.29 is 9.53 Å². The summed E-state index contributed by atoms with van der Waals surface area (Å²) in [5.74, 6) is 2.65. The smallest absolute Gasteiger partial charge is 0.210 e. The molecule has 4 saturated carbocycles. The minimum Gasteiger partial charge on any atom is -0.378 e. The second-order valence-electron chi connectivity index (χ2n) is 10.1. The summed E-state index contributed by atoms with van der Waals surface area (Å²) in [6, 6.07) is 4.71. The molecule has 28 heavy (non-hydrogen) atoms. The van der Waals surface area contributed by atoms with Gasteiger partial charge in [-0.1, -0.05) is 11.6 Å². The predicted octanol–water partition coefficient (Wildman–Crippen LogP) is 4.41. The van der Waals surface area contributed by atoms with Crippen molar-refractivity contribution in [1.29, 1.82) is 0 Å². The van der Waals surface area contributed by atoms with Crippen LogP contribution in [0.15, 0.2) is 12.1 Å². The van der Waals surface area contributed by atoms with E-state index < -0.39 is 0 Å². The van der Waals surface area contributed by atoms with Crippen molar-refractivity contribution in [2.75, 3.05) is 31.2 Å². The summed E-state index contributed by atoms with van der Waals surface area (Å²) in [5.41, 5.74) is 4.05. The molecule has 2 heterocycles. The fourth-order valence-electron chi connectivity index (χ4n) is 7.82. The van der Waals surface area contributed by atoms with Crippen molar-refractivity contribution in [2.24, 2.45) is 23.2 Å². The molecule has 2 aliphatic heterocycles. The van der Waals surface area contributed by atoms with Crippen molar-refractivity contribution in [2.45, 2.75) is 51.1 Å². The van der Waals surface area contributed by atoms with Gasteiger partial charge in [0, 0.05) is 19.6 Å². The number of amides is 1. The van der Waals surface area contributed by atoms with Gasteiger partial charge in [-0.05, 0) is 85.0 Å². The summed E-state index contributed by atoms with van der Waals surface area (Å²) in [7, 11) is 0. The van der Waals surface area contributed by atoms with Gasteiger partial charge < -0.3 is 14.5 Å². The number of nitrogens with zero attached hydrogens (tertiary/aromatic N) is 2. The molecule has 1 amide bonds. The number of ether oxygens (including phenoxy) is 1. The van der Waals surface area contributed by atoms with Gasteiger partial charge in [0.15, 0.2) is 0 Å². The molecular weight excluding hydrogens is 372 g/mol. The molecule has 0 radical (unpaired) electrons. The Morgan fingerprint density at radius 2 is 1.68 bits per heavy atom. The van der Waals surface area contributed by atoms with Crippen molar-refractivity contribution in [3.63, 3.8) is 0 Å². The molecule has 0 N–H and O–H groups in total. The summed E-state index contributed by atoms with van der Waals surface area (Å²) < 4.78 is 5.53. The number of hydrogen-bond acceptors (Lipinski definition) is 3. The first-order valence-corrected chi connectivity index (χ1v) is 11.4. The zero-order chi connectivity index (χ0) is 18.9. The van der Waals surface area contributed by atoms with Gasteiger partial charge in [0.25, 0.3) is 0 Å². The summed E-state index contributed by atoms with van der Waals surface area (Å²) >= 11 is 6.71. The molecule has 4 aliphatic carbocycles. The molecule has 7 rings (SSSR count). The first kappa shape index (κ1) is 17.6. The molecule has 6 aliphatic rings. The van der Waals surface area contributed by atoms with E-state index in [2.05, 4.69) is 21.9 Å². The second kappa shape index (κ2) is 6.37. The van der Waals surface area contributed by atoms with Crippen molar-refractivity contribution >= 4 is 23.7 Å². The Kier molecular flexibility index (Phi) is 4.00. The number of halogens is 1. The van der Waals surface area contributed by atoms with E-state index in [4.69, 9.17) is 16.3 Å². The average molecular weight is 401 g/mol. The van der Waals surface area contributed by atoms with Gasteiger partial charge in [-0.15, -0.1) is 0 Å². The lowest BCUT2D eigenvalue weighted by Crippen LogP contribution is -2.51. The first-order valence-electron chi connectivity index (χ1n) is 11.0. The van der Waals surface area contributed by atoms with E-state index in [9.17, 15) is 4.79 Å². The van der Waals surface area contributed by atoms with Crippen LogP contribution in [0, 0.1) is 23.2 Å². The lowest BCUT2D eigenvalue weighted by Gasteiger charge is -2.60. The quantitative estimate of drug-likeness (QED) is 0.704. The van der Waals surface area contributed by atoms with Crippen LogP contribution in [0.1, 0.15) is 55.7 Å². The van der Waals surface area contributed by atoms with Gasteiger partial charge in [-0.2, -0.15) is 0 Å². The molecule has 1 saturated heterocycles. The Bertz CT molecular complexity index is 769. The number of morpholine rings is 1. The van der Waals surface area contributed by atoms with Gasteiger partial charge in [0.2, 0.25) is 6.41 Å². The third-order valence-electron chi connectivity index (χ3n) is 8.34. The molecule has 150 valence electrons. The maximum absolute atomic E-state index is 12.1. The zero-order valence-corrected chi connectivity index (χ0v) is 17.2. The molecule has 4 nitrogen and oxygen atoms in total. The SMILES string of the molecule is O=CN1Cc2cc(Cl)c(N3CCOCC3)cc2C1C12CC3CC(CC(C3)C1)C2. The van der Waals surface area contributed by atoms with Crippen LogP contribution in [0.25, 0.3) is 0 Å². The van der Waals surface area contributed by atoms with Gasteiger partial charge in [-0.3, -0.25) is 4.79 Å². The topological polar surface area (TPSA) is 32.8 Å². The molecule has 0 aromatic heterocycles. The monoisotopic (exact) mass is 400 g/mol. The Hall–Kier alpha value is -1.26. The van der Waals surface area contributed by atoms with Crippen LogP contribution < -0.4 is 4.90 Å². The van der Waals surface area contributed by atoms with E-state index >= 15 is 0 Å². The Labute approximate surface area is 172 Å². The maximum atomic E-state index is 12.1. The van der Waals surface area contributed by atoms with Crippen LogP contribution in [-0.4, -0.2) is 37.6 Å². The van der Waals surface area contributed by atoms with Crippen LogP contribution in [0.2, 0.25) is 5.02 Å². The highest BCUT2D eigenvalue weighted by Gasteiger charge is 2.57. The number of anilines is 1. The number of carbonyl (C=O) groups is 1. The number of rotatable bonds is 3. The van der Waals surface area contributed by atoms with E-state index in [1.54, 1.807) is 0 Å². The van der Waals surface area contributed by atoms with E-state index in [1.165, 1.54) is 49.7 Å². The number of carbonyl (C=O) groups excluding carboxylic acids is 1. The van der Waals surface area contributed by atoms with Crippen LogP contribution in [0.3, 0.4) is 0 Å². The fraction of sp³-hybridized carbons (Fsp3) is 0.696. The van der Waals surface area contributed by atoms with Crippen LogP contribution >= 0.6 is 11.6 Å². The van der Waals surface area contributed by atoms with Gasteiger partial charge in [0.05, 0.1) is 30.0 Å². The summed E-state index contributed by atoms with van der Waals surface area (Å²) in [5, 5.41) is 0.817. The largest absolute Gasteiger partial charge is 0.378 e. The molecule has 5 fully saturated rings. The van der Waals surface area contributed by atoms with Gasteiger partial charge >= 0.3 is 0 Å². The number of hydrogen-bond donors (Lipinski definition) is 0. The fourth-order valence-corrected chi connectivity index (χ4v) is 8.12. The third kappa shape index (κ3) is 2.56. The standard InChI is InChI=1S/C23H29ClN2O2/c24-20-8-18-13-26(14-27)22(19(18)9-21(20)25-1-3-28-4-2-25)23-10-15-5-16(11-23)7-17(6-15)12-23/h8-9,14-17,22H,1-7,10-13H2. The van der Waals surface area contributed by atoms with Crippen LogP contribution in [-0.2, 0) is 16.1 Å². The van der Waals surface area contributed by atoms with Crippen LogP contribution in [0.5, 0.6) is 0 Å². The molecule has 1 atom stereocenters. The van der Waals surface area contributed by atoms with E-state index in [0.717, 1.165) is 61.2 Å². The van der Waals surface area contributed by atoms with Crippen molar-refractivity contribution in [1.82, 2.24) is 4.90 Å². The molecule has 1 unspecified atom stereocenters. The van der Waals surface area contributed by atoms with E-state index in [0.29, 0.717) is 6.54 Å². The highest BCUT2D eigenvalue weighted by atomic mass is 35.5. The minimum absolute atomic E-state index is 0.241. The highest BCUT2D eigenvalue weighted by Crippen LogP contribution is 2.66. The van der Waals surface area contributed by atoms with E-state index in [-0.39, 0.29) is 11.5 Å². The Morgan fingerprint density at radius 1 is 1.04 bits per heavy atom. The first-order chi connectivity index (χ1) is 13.6. The molecule has 4 bridgehead atoms. The van der Waals surface area contributed by atoms with Crippen LogP contribution in [0.4, 0.5) is 5.69 Å². The lowest BCUT2D eigenvalue weighted by molar-refractivity contribution is -0.133. The molecule has 1 aromatic rings. The predicted molar refractivity (Wildman–Crippen MR) is 109 cm³/mol. The highest BCUT2D eigenvalue weighted by molar-refractivity contribution is 6.33. The second-order valence-corrected chi connectivity index (χ2v) is 10.5. The van der Waals surface area contributed by atoms with Crippen molar-refractivity contribution in [3.8, 4) is 0 Å². The normalized spacial score (nSPS) is 38.8. The maximum Gasteiger partial charge on any atom is 0.210 e. The summed E-state index contributed by atoms with van der Waals surface area (Å²) in [6.45, 7) is 4.00. The van der Waals surface area contributed by atoms with Gasteiger partial charge in [0.1, 0.15) is 0 Å². The number of fused-ring (bicyclic) bond motifs is 1. The van der Waals surface area contributed by atoms with Crippen molar-refractivity contribution in [3.05, 3.63) is 28.3 Å². The summed E-state index contributed by atoms with van der Waals surface area (Å²) in [6.07, 6.45) is 9.32. The lowest BCUT2D eigenvalue weighted by atomic mass is 9.47. The average Bonchev–Trinajstić information content (AvgIpc) is 3.05. The van der Waals surface area contributed by atoms with Gasteiger partial charge in [-0.25, -0.2) is 0 Å². The Balaban J connectivity index is 1.42. The molecular formula is C23H29ClN2O2. The molecule has 5 heteroatoms. The Morgan fingerprint density at radius 3 is 2.29 bits per heavy atom. The third-order valence-corrected chi connectivity index (χ3v) is 8.64. The van der Waals surface area contributed by atoms with E-state index in [1.807, 2.05) is 0 Å². The molecule has 1 aromatic carbocycles. The minimum atomic E-state index is 0.241. The summed E-state index contributed by atoms with van der Waals surface area (Å²) in [4.78, 5) is 16.6.